The third-order valence-corrected chi connectivity index (χ3v) is 3.49. The first-order valence-electron chi connectivity index (χ1n) is 5.20. The van der Waals surface area contributed by atoms with Gasteiger partial charge in [-0.3, -0.25) is 9.59 Å². The predicted octanol–water partition coefficient (Wildman–Crippen LogP) is 0.623. The molecule has 2 fully saturated rings. The summed E-state index contributed by atoms with van der Waals surface area (Å²) < 4.78 is 0. The predicted molar refractivity (Wildman–Crippen MR) is 49.6 cm³/mol. The average molecular weight is 197 g/mol. The maximum absolute atomic E-state index is 11.5. The van der Waals surface area contributed by atoms with Crippen molar-refractivity contribution in [2.24, 2.45) is 17.8 Å². The Bertz CT molecular complexity index is 262. The third-order valence-electron chi connectivity index (χ3n) is 3.49. The zero-order valence-electron chi connectivity index (χ0n) is 8.03. The van der Waals surface area contributed by atoms with E-state index in [1.165, 1.54) is 0 Å². The molecule has 1 aliphatic heterocycles. The van der Waals surface area contributed by atoms with Gasteiger partial charge >= 0.3 is 5.97 Å². The zero-order chi connectivity index (χ0) is 10.1. The van der Waals surface area contributed by atoms with E-state index < -0.39 is 5.97 Å². The van der Waals surface area contributed by atoms with Gasteiger partial charge in [0, 0.05) is 12.5 Å². The fourth-order valence-corrected chi connectivity index (χ4v) is 2.73. The Morgan fingerprint density at radius 2 is 2.07 bits per heavy atom. The Morgan fingerprint density at radius 3 is 2.79 bits per heavy atom. The van der Waals surface area contributed by atoms with Crippen LogP contribution in [-0.2, 0) is 9.59 Å². The number of hydrogen-bond donors (Lipinski definition) is 2. The molecular formula is C10H15NO3. The van der Waals surface area contributed by atoms with E-state index in [0.717, 1.165) is 25.7 Å². The minimum absolute atomic E-state index is 0.0430. The van der Waals surface area contributed by atoms with E-state index in [0.29, 0.717) is 6.54 Å². The van der Waals surface area contributed by atoms with Crippen LogP contribution in [0.1, 0.15) is 25.7 Å². The number of fused-ring (bicyclic) bond motifs is 1. The molecule has 1 aliphatic carbocycles. The minimum atomic E-state index is -0.762. The zero-order valence-corrected chi connectivity index (χ0v) is 8.03. The van der Waals surface area contributed by atoms with Crippen molar-refractivity contribution in [2.75, 3.05) is 6.54 Å². The van der Waals surface area contributed by atoms with Gasteiger partial charge in [0.1, 0.15) is 0 Å². The third kappa shape index (κ3) is 1.49. The highest BCUT2D eigenvalue weighted by Gasteiger charge is 2.42. The van der Waals surface area contributed by atoms with Gasteiger partial charge in [-0.25, -0.2) is 0 Å². The van der Waals surface area contributed by atoms with Crippen LogP contribution in [-0.4, -0.2) is 23.5 Å². The molecule has 4 heteroatoms. The fourth-order valence-electron chi connectivity index (χ4n) is 2.73. The van der Waals surface area contributed by atoms with Gasteiger partial charge in [-0.2, -0.15) is 0 Å². The number of carboxylic acids is 1. The van der Waals surface area contributed by atoms with Crippen LogP contribution in [0.2, 0.25) is 0 Å². The number of nitrogens with one attached hydrogen (secondary N) is 1. The molecule has 1 saturated heterocycles. The van der Waals surface area contributed by atoms with Crippen LogP contribution in [0.4, 0.5) is 0 Å². The molecule has 2 N–H and O–H groups in total. The largest absolute Gasteiger partial charge is 0.481 e. The molecule has 1 amide bonds. The van der Waals surface area contributed by atoms with Gasteiger partial charge in [-0.1, -0.05) is 12.8 Å². The number of amides is 1. The number of carbonyl (C=O) groups excluding carboxylic acids is 1. The van der Waals surface area contributed by atoms with E-state index in [4.69, 9.17) is 5.11 Å². The topological polar surface area (TPSA) is 66.4 Å². The second-order valence-corrected chi connectivity index (χ2v) is 4.24. The monoisotopic (exact) mass is 197 g/mol. The van der Waals surface area contributed by atoms with Crippen LogP contribution < -0.4 is 5.32 Å². The lowest BCUT2D eigenvalue weighted by atomic mass is 9.70. The molecule has 3 atom stereocenters. The molecule has 1 saturated carbocycles. The Morgan fingerprint density at radius 1 is 1.36 bits per heavy atom. The van der Waals surface area contributed by atoms with Gasteiger partial charge < -0.3 is 10.4 Å². The summed E-state index contributed by atoms with van der Waals surface area (Å²) in [5.41, 5.74) is 0. The van der Waals surface area contributed by atoms with Gasteiger partial charge in [0.2, 0.25) is 5.91 Å². The van der Waals surface area contributed by atoms with Crippen molar-refractivity contribution in [3.8, 4) is 0 Å². The molecule has 3 unspecified atom stereocenters. The van der Waals surface area contributed by atoms with E-state index in [1.807, 2.05) is 0 Å². The number of rotatable bonds is 1. The summed E-state index contributed by atoms with van der Waals surface area (Å²) in [7, 11) is 0. The second-order valence-electron chi connectivity index (χ2n) is 4.24. The summed E-state index contributed by atoms with van der Waals surface area (Å²) in [5.74, 6) is -1.03. The molecule has 4 nitrogen and oxygen atoms in total. The molecule has 0 aromatic rings. The highest BCUT2D eigenvalue weighted by atomic mass is 16.4. The minimum Gasteiger partial charge on any atom is -0.481 e. The highest BCUT2D eigenvalue weighted by molar-refractivity contribution is 5.83. The molecule has 14 heavy (non-hydrogen) atoms. The molecule has 2 rings (SSSR count). The van der Waals surface area contributed by atoms with Crippen LogP contribution in [0, 0.1) is 17.8 Å². The van der Waals surface area contributed by atoms with E-state index in [1.54, 1.807) is 0 Å². The number of hydrogen-bond acceptors (Lipinski definition) is 2. The van der Waals surface area contributed by atoms with Crippen molar-refractivity contribution in [1.29, 1.82) is 0 Å². The normalized spacial score (nSPS) is 37.1. The molecule has 0 bridgehead atoms. The quantitative estimate of drug-likeness (QED) is 0.647. The Balaban J connectivity index is 2.16. The van der Waals surface area contributed by atoms with Crippen molar-refractivity contribution < 1.29 is 14.7 Å². The van der Waals surface area contributed by atoms with Crippen LogP contribution >= 0.6 is 0 Å². The van der Waals surface area contributed by atoms with Crippen molar-refractivity contribution in [3.63, 3.8) is 0 Å². The van der Waals surface area contributed by atoms with Gasteiger partial charge in [0.15, 0.2) is 0 Å². The Hall–Kier alpha value is -1.06. The fraction of sp³-hybridized carbons (Fsp3) is 0.800. The van der Waals surface area contributed by atoms with Crippen molar-refractivity contribution in [3.05, 3.63) is 0 Å². The van der Waals surface area contributed by atoms with Crippen LogP contribution in [0.5, 0.6) is 0 Å². The second kappa shape index (κ2) is 3.59. The number of carbonyl (C=O) groups is 2. The first-order valence-corrected chi connectivity index (χ1v) is 5.20. The summed E-state index contributed by atoms with van der Waals surface area (Å²) in [5, 5.41) is 11.7. The van der Waals surface area contributed by atoms with Crippen molar-refractivity contribution >= 4 is 11.9 Å². The lowest BCUT2D eigenvalue weighted by Crippen LogP contribution is -2.51. The molecule has 2 aliphatic rings. The highest BCUT2D eigenvalue weighted by Crippen LogP contribution is 2.37. The molecular weight excluding hydrogens is 182 g/mol. The lowest BCUT2D eigenvalue weighted by molar-refractivity contribution is -0.149. The Kier molecular flexibility index (Phi) is 2.44. The standard InChI is InChI=1S/C10H15NO3/c12-9-7-4-2-1-3-6(7)8(5-11-9)10(13)14/h6-8H,1-5H2,(H,11,12)(H,13,14). The van der Waals surface area contributed by atoms with Gasteiger partial charge in [0.25, 0.3) is 0 Å². The number of carboxylic acid groups (broad SMARTS) is 1. The molecule has 0 aromatic carbocycles. The lowest BCUT2D eigenvalue weighted by Gasteiger charge is -2.38. The summed E-state index contributed by atoms with van der Waals surface area (Å²) in [6.45, 7) is 0.315. The summed E-state index contributed by atoms with van der Waals surface area (Å²) in [6.07, 6.45) is 3.88. The first kappa shape index (κ1) is 9.49. The maximum Gasteiger partial charge on any atom is 0.308 e. The van der Waals surface area contributed by atoms with E-state index in [9.17, 15) is 9.59 Å². The molecule has 0 aromatic heterocycles. The van der Waals surface area contributed by atoms with Crippen LogP contribution in [0.3, 0.4) is 0 Å². The van der Waals surface area contributed by atoms with Crippen molar-refractivity contribution in [2.45, 2.75) is 25.7 Å². The SMILES string of the molecule is O=C(O)C1CNC(=O)C2CCCCC12. The molecule has 0 spiro atoms. The molecule has 1 heterocycles. The smallest absolute Gasteiger partial charge is 0.308 e. The first-order chi connectivity index (χ1) is 6.70. The number of piperidine rings is 1. The van der Waals surface area contributed by atoms with E-state index in [2.05, 4.69) is 5.32 Å². The van der Waals surface area contributed by atoms with Crippen LogP contribution in [0.25, 0.3) is 0 Å². The number of aliphatic carboxylic acids is 1. The van der Waals surface area contributed by atoms with Gasteiger partial charge in [-0.15, -0.1) is 0 Å². The maximum atomic E-state index is 11.5. The molecule has 0 radical (unpaired) electrons. The van der Waals surface area contributed by atoms with E-state index in [-0.39, 0.29) is 23.7 Å². The van der Waals surface area contributed by atoms with Crippen LogP contribution in [0.15, 0.2) is 0 Å². The molecule has 78 valence electrons. The van der Waals surface area contributed by atoms with Gasteiger partial charge in [0.05, 0.1) is 5.92 Å². The average Bonchev–Trinajstić information content (AvgIpc) is 2.18. The Labute approximate surface area is 82.7 Å². The van der Waals surface area contributed by atoms with Crippen molar-refractivity contribution in [1.82, 2.24) is 5.32 Å². The summed E-state index contributed by atoms with van der Waals surface area (Å²) >= 11 is 0. The summed E-state index contributed by atoms with van der Waals surface area (Å²) in [6, 6.07) is 0. The van der Waals surface area contributed by atoms with E-state index >= 15 is 0 Å². The van der Waals surface area contributed by atoms with Gasteiger partial charge in [-0.05, 0) is 18.8 Å². The summed E-state index contributed by atoms with van der Waals surface area (Å²) in [4.78, 5) is 22.5.